The Bertz CT molecular complexity index is 175. The first-order valence-corrected chi connectivity index (χ1v) is 5.70. The largest absolute Gasteiger partial charge is 0.481 e. The van der Waals surface area contributed by atoms with Gasteiger partial charge in [-0.2, -0.15) is 0 Å². The van der Waals surface area contributed by atoms with E-state index in [0.29, 0.717) is 6.10 Å². The molecule has 0 unspecified atom stereocenters. The summed E-state index contributed by atoms with van der Waals surface area (Å²) in [5.74, 6) is -0.708. The van der Waals surface area contributed by atoms with Crippen LogP contribution < -0.4 is 0 Å². The van der Waals surface area contributed by atoms with Crippen molar-refractivity contribution in [3.63, 3.8) is 0 Å². The monoisotopic (exact) mass is 216 g/mol. The van der Waals surface area contributed by atoms with Crippen molar-refractivity contribution in [1.82, 2.24) is 0 Å². The van der Waals surface area contributed by atoms with E-state index in [-0.39, 0.29) is 6.42 Å². The third-order valence-corrected chi connectivity index (χ3v) is 2.56. The first-order valence-electron chi connectivity index (χ1n) is 5.70. The minimum atomic E-state index is -0.708. The van der Waals surface area contributed by atoms with E-state index in [1.807, 2.05) is 0 Å². The molecule has 1 saturated heterocycles. The van der Waals surface area contributed by atoms with Crippen LogP contribution in [0, 0.1) is 0 Å². The molecule has 0 spiro atoms. The molecule has 0 saturated carbocycles. The Morgan fingerprint density at radius 2 is 2.00 bits per heavy atom. The van der Waals surface area contributed by atoms with E-state index in [0.717, 1.165) is 51.9 Å². The van der Waals surface area contributed by atoms with Gasteiger partial charge < -0.3 is 14.6 Å². The number of carboxylic acid groups (broad SMARTS) is 1. The van der Waals surface area contributed by atoms with Crippen LogP contribution in [0.1, 0.15) is 38.5 Å². The molecule has 0 radical (unpaired) electrons. The molecule has 4 nitrogen and oxygen atoms in total. The number of hydrogen-bond donors (Lipinski definition) is 1. The lowest BCUT2D eigenvalue weighted by molar-refractivity contribution is -0.137. The minimum absolute atomic E-state index is 0.275. The summed E-state index contributed by atoms with van der Waals surface area (Å²) in [6.45, 7) is 2.37. The fourth-order valence-corrected chi connectivity index (χ4v) is 1.65. The Labute approximate surface area is 90.6 Å². The van der Waals surface area contributed by atoms with Crippen LogP contribution >= 0.6 is 0 Å². The van der Waals surface area contributed by atoms with Gasteiger partial charge in [0.15, 0.2) is 0 Å². The maximum absolute atomic E-state index is 10.2. The van der Waals surface area contributed by atoms with E-state index in [4.69, 9.17) is 14.6 Å². The summed E-state index contributed by atoms with van der Waals surface area (Å²) < 4.78 is 10.9. The summed E-state index contributed by atoms with van der Waals surface area (Å²) in [4.78, 5) is 10.2. The van der Waals surface area contributed by atoms with Crippen molar-refractivity contribution in [2.24, 2.45) is 0 Å². The van der Waals surface area contributed by atoms with Gasteiger partial charge >= 0.3 is 5.97 Å². The molecule has 1 aliphatic rings. The molecule has 0 aromatic rings. The molecule has 1 N–H and O–H groups in total. The summed E-state index contributed by atoms with van der Waals surface area (Å²) in [6, 6.07) is 0. The van der Waals surface area contributed by atoms with Crippen LogP contribution in [-0.2, 0) is 14.3 Å². The number of carbonyl (C=O) groups is 1. The molecule has 0 aromatic carbocycles. The van der Waals surface area contributed by atoms with Gasteiger partial charge in [0.1, 0.15) is 0 Å². The van der Waals surface area contributed by atoms with Crippen LogP contribution in [0.3, 0.4) is 0 Å². The van der Waals surface area contributed by atoms with Crippen LogP contribution in [0.15, 0.2) is 0 Å². The van der Waals surface area contributed by atoms with Gasteiger partial charge in [-0.3, -0.25) is 4.79 Å². The third-order valence-electron chi connectivity index (χ3n) is 2.56. The second-order valence-corrected chi connectivity index (χ2v) is 3.89. The maximum atomic E-state index is 10.2. The average molecular weight is 216 g/mol. The number of hydrogen-bond acceptors (Lipinski definition) is 3. The van der Waals surface area contributed by atoms with E-state index in [9.17, 15) is 4.79 Å². The lowest BCUT2D eigenvalue weighted by Gasteiger charge is -2.22. The predicted octanol–water partition coefficient (Wildman–Crippen LogP) is 1.83. The standard InChI is InChI=1S/C11H20O4/c12-11(13)4-2-1-3-7-15-10-5-8-14-9-6-10/h10H,1-9H2,(H,12,13). The van der Waals surface area contributed by atoms with Crippen LogP contribution in [0.25, 0.3) is 0 Å². The molecule has 88 valence electrons. The zero-order valence-electron chi connectivity index (χ0n) is 9.11. The van der Waals surface area contributed by atoms with Crippen molar-refractivity contribution >= 4 is 5.97 Å². The van der Waals surface area contributed by atoms with Gasteiger partial charge in [-0.05, 0) is 25.7 Å². The zero-order valence-corrected chi connectivity index (χ0v) is 9.11. The van der Waals surface area contributed by atoms with E-state index in [1.165, 1.54) is 0 Å². The van der Waals surface area contributed by atoms with Gasteiger partial charge in [-0.1, -0.05) is 6.42 Å². The van der Waals surface area contributed by atoms with Crippen molar-refractivity contribution in [1.29, 1.82) is 0 Å². The normalized spacial score (nSPS) is 17.9. The molecule has 1 heterocycles. The molecule has 0 aliphatic carbocycles. The summed E-state index contributed by atoms with van der Waals surface area (Å²) in [5, 5.41) is 8.43. The molecule has 1 aliphatic heterocycles. The highest BCUT2D eigenvalue weighted by Gasteiger charge is 2.13. The fourth-order valence-electron chi connectivity index (χ4n) is 1.65. The molecular weight excluding hydrogens is 196 g/mol. The average Bonchev–Trinajstić information content (AvgIpc) is 2.24. The Hall–Kier alpha value is -0.610. The SMILES string of the molecule is O=C(O)CCCCCOC1CCOCC1. The van der Waals surface area contributed by atoms with Gasteiger partial charge in [0, 0.05) is 26.2 Å². The fraction of sp³-hybridized carbons (Fsp3) is 0.909. The topological polar surface area (TPSA) is 55.8 Å². The van der Waals surface area contributed by atoms with Crippen molar-refractivity contribution in [2.75, 3.05) is 19.8 Å². The van der Waals surface area contributed by atoms with E-state index < -0.39 is 5.97 Å². The Morgan fingerprint density at radius 1 is 1.27 bits per heavy atom. The molecular formula is C11H20O4. The molecule has 0 aromatic heterocycles. The van der Waals surface area contributed by atoms with Crippen molar-refractivity contribution < 1.29 is 19.4 Å². The van der Waals surface area contributed by atoms with Gasteiger partial charge in [0.2, 0.25) is 0 Å². The Kier molecular flexibility index (Phi) is 6.36. The summed E-state index contributed by atoms with van der Waals surface area (Å²) in [7, 11) is 0. The number of aliphatic carboxylic acids is 1. The van der Waals surface area contributed by atoms with Gasteiger partial charge in [-0.25, -0.2) is 0 Å². The Balaban J connectivity index is 1.85. The summed E-state index contributed by atoms with van der Waals surface area (Å²) >= 11 is 0. The Morgan fingerprint density at radius 3 is 2.67 bits per heavy atom. The van der Waals surface area contributed by atoms with Crippen LogP contribution in [0.4, 0.5) is 0 Å². The molecule has 4 heteroatoms. The first-order chi connectivity index (χ1) is 7.29. The lowest BCUT2D eigenvalue weighted by atomic mass is 10.1. The molecule has 0 atom stereocenters. The predicted molar refractivity (Wildman–Crippen MR) is 55.9 cm³/mol. The highest BCUT2D eigenvalue weighted by molar-refractivity contribution is 5.66. The quantitative estimate of drug-likeness (QED) is 0.659. The molecule has 0 bridgehead atoms. The number of carboxylic acids is 1. The molecule has 1 rings (SSSR count). The van der Waals surface area contributed by atoms with Crippen LogP contribution in [-0.4, -0.2) is 37.0 Å². The summed E-state index contributed by atoms with van der Waals surface area (Å²) in [6.07, 6.45) is 5.28. The number of ether oxygens (including phenoxy) is 2. The zero-order chi connectivity index (χ0) is 10.9. The van der Waals surface area contributed by atoms with Gasteiger partial charge in [0.25, 0.3) is 0 Å². The molecule has 1 fully saturated rings. The number of unbranched alkanes of at least 4 members (excludes halogenated alkanes) is 2. The summed E-state index contributed by atoms with van der Waals surface area (Å²) in [5.41, 5.74) is 0. The van der Waals surface area contributed by atoms with Crippen LogP contribution in [0.2, 0.25) is 0 Å². The first kappa shape index (κ1) is 12.5. The van der Waals surface area contributed by atoms with Crippen molar-refractivity contribution in [3.05, 3.63) is 0 Å². The minimum Gasteiger partial charge on any atom is -0.481 e. The lowest BCUT2D eigenvalue weighted by Crippen LogP contribution is -2.23. The smallest absolute Gasteiger partial charge is 0.303 e. The highest BCUT2D eigenvalue weighted by Crippen LogP contribution is 2.11. The highest BCUT2D eigenvalue weighted by atomic mass is 16.5. The van der Waals surface area contributed by atoms with Gasteiger partial charge in [0.05, 0.1) is 6.10 Å². The van der Waals surface area contributed by atoms with Crippen LogP contribution in [0.5, 0.6) is 0 Å². The van der Waals surface area contributed by atoms with E-state index >= 15 is 0 Å². The second-order valence-electron chi connectivity index (χ2n) is 3.89. The van der Waals surface area contributed by atoms with E-state index in [2.05, 4.69) is 0 Å². The molecule has 0 amide bonds. The van der Waals surface area contributed by atoms with E-state index in [1.54, 1.807) is 0 Å². The molecule has 15 heavy (non-hydrogen) atoms. The maximum Gasteiger partial charge on any atom is 0.303 e. The van der Waals surface area contributed by atoms with Gasteiger partial charge in [-0.15, -0.1) is 0 Å². The third kappa shape index (κ3) is 6.47. The second kappa shape index (κ2) is 7.65. The number of rotatable bonds is 7. The van der Waals surface area contributed by atoms with Crippen molar-refractivity contribution in [2.45, 2.75) is 44.6 Å². The van der Waals surface area contributed by atoms with Crippen molar-refractivity contribution in [3.8, 4) is 0 Å².